The Morgan fingerprint density at radius 2 is 2.10 bits per heavy atom. The molecule has 0 aliphatic carbocycles. The highest BCUT2D eigenvalue weighted by Crippen LogP contribution is 2.25. The number of aryl methyl sites for hydroxylation is 2. The number of carbonyl (C=O) groups is 1. The normalized spacial score (nSPS) is 10.3. The number of aromatic nitrogens is 1. The zero-order valence-corrected chi connectivity index (χ0v) is 11.9. The van der Waals surface area contributed by atoms with Gasteiger partial charge in [0.15, 0.2) is 0 Å². The molecule has 2 rings (SSSR count). The van der Waals surface area contributed by atoms with Gasteiger partial charge in [-0.25, -0.2) is 0 Å². The lowest BCUT2D eigenvalue weighted by atomic mass is 10.1. The summed E-state index contributed by atoms with van der Waals surface area (Å²) in [5.74, 6) is 0.941. The minimum atomic E-state index is -0.229. The number of nitrogens with zero attached hydrogens (tertiary/aromatic N) is 1. The van der Waals surface area contributed by atoms with Crippen molar-refractivity contribution in [2.75, 3.05) is 11.9 Å². The molecule has 0 saturated carbocycles. The van der Waals surface area contributed by atoms with Crippen molar-refractivity contribution in [3.63, 3.8) is 0 Å². The average molecular weight is 274 g/mol. The number of anilines is 1. The maximum Gasteiger partial charge on any atom is 0.261 e. The Morgan fingerprint density at radius 3 is 2.80 bits per heavy atom. The van der Waals surface area contributed by atoms with E-state index < -0.39 is 0 Å². The fraction of sp³-hybridized carbons (Fsp3) is 0.333. The van der Waals surface area contributed by atoms with E-state index in [0.717, 1.165) is 0 Å². The van der Waals surface area contributed by atoms with E-state index in [1.54, 1.807) is 13.0 Å². The Balaban J connectivity index is 2.26. The largest absolute Gasteiger partial charge is 0.492 e. The Kier molecular flexibility index (Phi) is 4.40. The van der Waals surface area contributed by atoms with Crippen LogP contribution in [0.4, 0.5) is 5.69 Å². The summed E-state index contributed by atoms with van der Waals surface area (Å²) in [4.78, 5) is 12.4. The first-order valence-electron chi connectivity index (χ1n) is 6.65. The SMILES string of the molecule is CCOc1ccccc1NC(=O)c1c(CC)noc1C. The molecule has 2 aromatic rings. The molecule has 5 nitrogen and oxygen atoms in total. The topological polar surface area (TPSA) is 64.4 Å². The van der Waals surface area contributed by atoms with Crippen LogP contribution in [0.5, 0.6) is 5.75 Å². The van der Waals surface area contributed by atoms with Crippen LogP contribution in [0.3, 0.4) is 0 Å². The van der Waals surface area contributed by atoms with Crippen LogP contribution in [0.1, 0.15) is 35.7 Å². The molecule has 0 atom stereocenters. The van der Waals surface area contributed by atoms with Gasteiger partial charge in [-0.05, 0) is 32.4 Å². The minimum Gasteiger partial charge on any atom is -0.492 e. The Morgan fingerprint density at radius 1 is 1.35 bits per heavy atom. The molecule has 1 amide bonds. The number of para-hydroxylation sites is 2. The summed E-state index contributed by atoms with van der Waals surface area (Å²) in [6.07, 6.45) is 0.646. The van der Waals surface area contributed by atoms with Gasteiger partial charge in [-0.15, -0.1) is 0 Å². The fourth-order valence-corrected chi connectivity index (χ4v) is 1.99. The van der Waals surface area contributed by atoms with Crippen molar-refractivity contribution < 1.29 is 14.1 Å². The number of ether oxygens (including phenoxy) is 1. The number of hydrogen-bond acceptors (Lipinski definition) is 4. The van der Waals surface area contributed by atoms with Crippen molar-refractivity contribution in [3.8, 4) is 5.75 Å². The lowest BCUT2D eigenvalue weighted by Gasteiger charge is -2.11. The summed E-state index contributed by atoms with van der Waals surface area (Å²) >= 11 is 0. The van der Waals surface area contributed by atoms with Crippen LogP contribution in [-0.2, 0) is 6.42 Å². The summed E-state index contributed by atoms with van der Waals surface area (Å²) in [6, 6.07) is 7.33. The van der Waals surface area contributed by atoms with Gasteiger partial charge in [-0.1, -0.05) is 24.2 Å². The van der Waals surface area contributed by atoms with Gasteiger partial charge in [0.25, 0.3) is 5.91 Å². The van der Waals surface area contributed by atoms with E-state index in [0.29, 0.717) is 41.5 Å². The molecule has 5 heteroatoms. The first kappa shape index (κ1) is 14.1. The molecule has 0 spiro atoms. The molecule has 0 aliphatic rings. The molecule has 0 aliphatic heterocycles. The van der Waals surface area contributed by atoms with Gasteiger partial charge in [0.05, 0.1) is 18.0 Å². The van der Waals surface area contributed by atoms with Crippen LogP contribution in [0.2, 0.25) is 0 Å². The van der Waals surface area contributed by atoms with E-state index >= 15 is 0 Å². The van der Waals surface area contributed by atoms with Gasteiger partial charge >= 0.3 is 0 Å². The highest BCUT2D eigenvalue weighted by atomic mass is 16.5. The van der Waals surface area contributed by atoms with Crippen molar-refractivity contribution >= 4 is 11.6 Å². The van der Waals surface area contributed by atoms with Crippen molar-refractivity contribution in [1.29, 1.82) is 0 Å². The van der Waals surface area contributed by atoms with Gasteiger partial charge in [0.1, 0.15) is 17.1 Å². The molecule has 1 aromatic heterocycles. The smallest absolute Gasteiger partial charge is 0.261 e. The van der Waals surface area contributed by atoms with E-state index in [2.05, 4.69) is 10.5 Å². The van der Waals surface area contributed by atoms with Gasteiger partial charge < -0.3 is 14.6 Å². The van der Waals surface area contributed by atoms with Crippen LogP contribution in [-0.4, -0.2) is 17.7 Å². The number of benzene rings is 1. The second kappa shape index (κ2) is 6.23. The summed E-state index contributed by atoms with van der Waals surface area (Å²) in [6.45, 7) is 6.11. The zero-order chi connectivity index (χ0) is 14.5. The van der Waals surface area contributed by atoms with Crippen LogP contribution in [0.15, 0.2) is 28.8 Å². The summed E-state index contributed by atoms with van der Waals surface area (Å²) in [5, 5.41) is 6.74. The fourth-order valence-electron chi connectivity index (χ4n) is 1.99. The maximum absolute atomic E-state index is 12.4. The van der Waals surface area contributed by atoms with Crippen molar-refractivity contribution in [3.05, 3.63) is 41.3 Å². The molecule has 1 aromatic carbocycles. The van der Waals surface area contributed by atoms with Gasteiger partial charge in [0, 0.05) is 0 Å². The highest BCUT2D eigenvalue weighted by molar-refractivity contribution is 6.06. The third kappa shape index (κ3) is 2.82. The van der Waals surface area contributed by atoms with Gasteiger partial charge in [-0.2, -0.15) is 0 Å². The predicted octanol–water partition coefficient (Wildman–Crippen LogP) is 3.20. The number of carbonyl (C=O) groups excluding carboxylic acids is 1. The molecule has 0 unspecified atom stereocenters. The number of amides is 1. The number of rotatable bonds is 5. The molecule has 0 bridgehead atoms. The molecule has 1 heterocycles. The summed E-state index contributed by atoms with van der Waals surface area (Å²) in [7, 11) is 0. The number of nitrogens with one attached hydrogen (secondary N) is 1. The van der Waals surface area contributed by atoms with Crippen LogP contribution < -0.4 is 10.1 Å². The molecular formula is C15H18N2O3. The molecule has 20 heavy (non-hydrogen) atoms. The lowest BCUT2D eigenvalue weighted by Crippen LogP contribution is -2.15. The molecule has 106 valence electrons. The van der Waals surface area contributed by atoms with Gasteiger partial charge in [-0.3, -0.25) is 4.79 Å². The molecule has 0 fully saturated rings. The highest BCUT2D eigenvalue weighted by Gasteiger charge is 2.20. The van der Waals surface area contributed by atoms with Crippen LogP contribution in [0.25, 0.3) is 0 Å². The van der Waals surface area contributed by atoms with Crippen LogP contribution >= 0.6 is 0 Å². The van der Waals surface area contributed by atoms with E-state index in [9.17, 15) is 4.79 Å². The Hall–Kier alpha value is -2.30. The first-order valence-corrected chi connectivity index (χ1v) is 6.65. The van der Waals surface area contributed by atoms with Crippen molar-refractivity contribution in [1.82, 2.24) is 5.16 Å². The van der Waals surface area contributed by atoms with E-state index in [4.69, 9.17) is 9.26 Å². The van der Waals surface area contributed by atoms with E-state index in [1.165, 1.54) is 0 Å². The standard InChI is InChI=1S/C15H18N2O3/c1-4-11-14(10(3)20-17-11)15(18)16-12-8-6-7-9-13(12)19-5-2/h6-9H,4-5H2,1-3H3,(H,16,18). The maximum atomic E-state index is 12.4. The second-order valence-corrected chi connectivity index (χ2v) is 4.30. The quantitative estimate of drug-likeness (QED) is 0.909. The second-order valence-electron chi connectivity index (χ2n) is 4.30. The first-order chi connectivity index (χ1) is 9.67. The molecule has 1 N–H and O–H groups in total. The third-order valence-electron chi connectivity index (χ3n) is 2.93. The monoisotopic (exact) mass is 274 g/mol. The van der Waals surface area contributed by atoms with Crippen molar-refractivity contribution in [2.45, 2.75) is 27.2 Å². The predicted molar refractivity (Wildman–Crippen MR) is 76.2 cm³/mol. The zero-order valence-electron chi connectivity index (χ0n) is 11.9. The van der Waals surface area contributed by atoms with Crippen molar-refractivity contribution in [2.24, 2.45) is 0 Å². The lowest BCUT2D eigenvalue weighted by molar-refractivity contribution is 0.102. The van der Waals surface area contributed by atoms with E-state index in [1.807, 2.05) is 32.0 Å². The average Bonchev–Trinajstić information content (AvgIpc) is 2.82. The summed E-state index contributed by atoms with van der Waals surface area (Å²) in [5.41, 5.74) is 1.80. The van der Waals surface area contributed by atoms with E-state index in [-0.39, 0.29) is 5.91 Å². The summed E-state index contributed by atoms with van der Waals surface area (Å²) < 4.78 is 10.6. The molecule has 0 saturated heterocycles. The Labute approximate surface area is 117 Å². The van der Waals surface area contributed by atoms with Crippen LogP contribution in [0, 0.1) is 6.92 Å². The van der Waals surface area contributed by atoms with Gasteiger partial charge in [0.2, 0.25) is 0 Å². The Bertz CT molecular complexity index is 605. The molecule has 0 radical (unpaired) electrons. The third-order valence-corrected chi connectivity index (χ3v) is 2.93. The minimum absolute atomic E-state index is 0.229. The molecular weight excluding hydrogens is 256 g/mol. The number of hydrogen-bond donors (Lipinski definition) is 1.